The number of carboxylic acids is 1. The van der Waals surface area contributed by atoms with Gasteiger partial charge in [-0.1, -0.05) is 12.4 Å². The highest BCUT2D eigenvalue weighted by Gasteiger charge is 2.37. The summed E-state index contributed by atoms with van der Waals surface area (Å²) in [6.07, 6.45) is 0.757. The summed E-state index contributed by atoms with van der Waals surface area (Å²) in [6, 6.07) is 2.86. The van der Waals surface area contributed by atoms with Crippen molar-refractivity contribution in [3.8, 4) is 11.5 Å². The van der Waals surface area contributed by atoms with Crippen molar-refractivity contribution in [1.82, 2.24) is 15.1 Å². The number of nitrogens with one attached hydrogen (secondary N) is 1. The lowest BCUT2D eigenvalue weighted by molar-refractivity contribution is -0.255. The monoisotopic (exact) mass is 461 g/mol. The van der Waals surface area contributed by atoms with Crippen molar-refractivity contribution >= 4 is 24.5 Å². The molecule has 0 spiro atoms. The average molecular weight is 461 g/mol. The standard InChI is InChI=1S/C21H29BN3O8/c1-24(2)20(27)15-7-12(9-23-15)8-17(26)25-10-14(11-25)32-16-4-3-13-5-6-22(30,31)33-19(13)18(16)21(28)29/h3-4,12,14-15,23,30-31H,5-11H2,1-2H3,(H,28,29)/q-1/p-1/t12-,15+/m0/s1. The van der Waals surface area contributed by atoms with Crippen LogP contribution in [0, 0.1) is 5.92 Å². The van der Waals surface area contributed by atoms with Crippen molar-refractivity contribution < 1.29 is 38.9 Å². The van der Waals surface area contributed by atoms with E-state index in [-0.39, 0.29) is 53.6 Å². The van der Waals surface area contributed by atoms with E-state index in [1.54, 1.807) is 25.1 Å². The number of carboxylic acid groups (broad SMARTS) is 1. The van der Waals surface area contributed by atoms with E-state index < -0.39 is 18.8 Å². The van der Waals surface area contributed by atoms with Gasteiger partial charge in [-0.2, -0.15) is 0 Å². The number of rotatable bonds is 6. The number of aryl methyl sites for hydroxylation is 1. The fraction of sp³-hybridized carbons (Fsp3) is 0.571. The van der Waals surface area contributed by atoms with Crippen LogP contribution in [-0.4, -0.2) is 90.3 Å². The molecule has 2 amide bonds. The minimum atomic E-state index is -3.14. The van der Waals surface area contributed by atoms with Gasteiger partial charge in [0.25, 0.3) is 0 Å². The first kappa shape index (κ1) is 23.3. The van der Waals surface area contributed by atoms with Gasteiger partial charge in [-0.05, 0) is 36.9 Å². The number of aromatic carboxylic acids is 1. The number of carbonyl (C=O) groups is 3. The highest BCUT2D eigenvalue weighted by molar-refractivity contribution is 6.59. The summed E-state index contributed by atoms with van der Waals surface area (Å²) in [4.78, 5) is 39.6. The molecule has 1 aromatic rings. The number of hydrogen-bond donors (Lipinski definition) is 3. The molecule has 2 saturated heterocycles. The molecule has 4 rings (SSSR count). The highest BCUT2D eigenvalue weighted by atomic mass is 16.6. The predicted octanol–water partition coefficient (Wildman–Crippen LogP) is -2.05. The van der Waals surface area contributed by atoms with Gasteiger partial charge < -0.3 is 44.5 Å². The minimum Gasteiger partial charge on any atom is -0.669 e. The molecule has 0 bridgehead atoms. The van der Waals surface area contributed by atoms with Crippen LogP contribution in [0.1, 0.15) is 28.8 Å². The summed E-state index contributed by atoms with van der Waals surface area (Å²) in [5, 5.41) is 34.5. The number of hydrogen-bond acceptors (Lipinski definition) is 9. The van der Waals surface area contributed by atoms with Crippen molar-refractivity contribution in [3.63, 3.8) is 0 Å². The number of benzene rings is 1. The molecular formula is C21H28BN3O8-2. The first-order chi connectivity index (χ1) is 15.5. The van der Waals surface area contributed by atoms with Crippen molar-refractivity contribution in [3.05, 3.63) is 23.3 Å². The fourth-order valence-corrected chi connectivity index (χ4v) is 4.56. The maximum Gasteiger partial charge on any atom is 0.430 e. The third-order valence-electron chi connectivity index (χ3n) is 6.42. The Morgan fingerprint density at radius 2 is 2.03 bits per heavy atom. The second kappa shape index (κ2) is 8.84. The SMILES string of the molecule is CN(C)C(=O)[C@H]1C[C@@H](CC(=O)N2CC(Oc3ccc4c(c3C(=O)[O-])O[B-](O)(O)CC4)C2)CN1. The molecule has 0 aliphatic carbocycles. The third kappa shape index (κ3) is 4.92. The quantitative estimate of drug-likeness (QED) is 0.407. The summed E-state index contributed by atoms with van der Waals surface area (Å²) in [5.41, 5.74) is 0.170. The van der Waals surface area contributed by atoms with Gasteiger partial charge in [-0.15, -0.1) is 0 Å². The number of ether oxygens (including phenoxy) is 1. The number of carbonyl (C=O) groups excluding carboxylic acids is 3. The molecule has 0 radical (unpaired) electrons. The molecule has 0 unspecified atom stereocenters. The summed E-state index contributed by atoms with van der Waals surface area (Å²) in [6.45, 7) is -1.93. The smallest absolute Gasteiger partial charge is 0.430 e. The Morgan fingerprint density at radius 1 is 1.30 bits per heavy atom. The van der Waals surface area contributed by atoms with Crippen LogP contribution in [-0.2, 0) is 16.0 Å². The fourth-order valence-electron chi connectivity index (χ4n) is 4.56. The molecule has 33 heavy (non-hydrogen) atoms. The molecule has 3 heterocycles. The zero-order valence-electron chi connectivity index (χ0n) is 18.7. The lowest BCUT2D eigenvalue weighted by Gasteiger charge is -2.41. The van der Waals surface area contributed by atoms with E-state index in [0.29, 0.717) is 38.0 Å². The molecule has 1 aromatic carbocycles. The van der Waals surface area contributed by atoms with E-state index in [0.717, 1.165) is 0 Å². The molecule has 0 saturated carbocycles. The lowest BCUT2D eigenvalue weighted by Crippen LogP contribution is -2.56. The van der Waals surface area contributed by atoms with E-state index in [1.807, 2.05) is 0 Å². The predicted molar refractivity (Wildman–Crippen MR) is 114 cm³/mol. The maximum atomic E-state index is 12.6. The molecule has 2 atom stereocenters. The second-order valence-electron chi connectivity index (χ2n) is 9.27. The van der Waals surface area contributed by atoms with Crippen LogP contribution in [0.25, 0.3) is 0 Å². The minimum absolute atomic E-state index is 0.000884. The number of fused-ring (bicyclic) bond motifs is 1. The molecule has 12 heteroatoms. The van der Waals surface area contributed by atoms with Gasteiger partial charge in [0.05, 0.1) is 36.4 Å². The van der Waals surface area contributed by atoms with Crippen LogP contribution in [0.15, 0.2) is 12.1 Å². The van der Waals surface area contributed by atoms with Gasteiger partial charge in [-0.25, -0.2) is 0 Å². The van der Waals surface area contributed by atoms with Gasteiger partial charge in [-0.3, -0.25) is 9.59 Å². The Bertz CT molecular complexity index is 963. The zero-order chi connectivity index (χ0) is 23.9. The van der Waals surface area contributed by atoms with Crippen molar-refractivity contribution in [2.24, 2.45) is 5.92 Å². The average Bonchev–Trinajstić information content (AvgIpc) is 3.16. The Morgan fingerprint density at radius 3 is 2.70 bits per heavy atom. The van der Waals surface area contributed by atoms with Crippen molar-refractivity contribution in [2.75, 3.05) is 33.7 Å². The number of likely N-dealkylation sites (N-methyl/N-ethyl adjacent to an activating group) is 1. The summed E-state index contributed by atoms with van der Waals surface area (Å²) in [5.74, 6) is -1.65. The summed E-state index contributed by atoms with van der Waals surface area (Å²) < 4.78 is 10.9. The Kier molecular flexibility index (Phi) is 6.25. The Labute approximate surface area is 191 Å². The maximum absolute atomic E-state index is 12.6. The van der Waals surface area contributed by atoms with Crippen LogP contribution < -0.4 is 19.8 Å². The van der Waals surface area contributed by atoms with Crippen molar-refractivity contribution in [1.29, 1.82) is 0 Å². The van der Waals surface area contributed by atoms with E-state index in [1.165, 1.54) is 11.0 Å². The Hall–Kier alpha value is -2.83. The Balaban J connectivity index is 1.33. The van der Waals surface area contributed by atoms with E-state index >= 15 is 0 Å². The number of nitrogens with zero attached hydrogens (tertiary/aromatic N) is 2. The normalized spacial score (nSPS) is 23.8. The zero-order valence-corrected chi connectivity index (χ0v) is 18.7. The molecule has 3 aliphatic rings. The second-order valence-corrected chi connectivity index (χ2v) is 9.27. The first-order valence-electron chi connectivity index (χ1n) is 11.1. The molecule has 3 N–H and O–H groups in total. The molecule has 180 valence electrons. The summed E-state index contributed by atoms with van der Waals surface area (Å²) in [7, 11) is 3.40. The number of amides is 2. The highest BCUT2D eigenvalue weighted by Crippen LogP contribution is 2.38. The van der Waals surface area contributed by atoms with Gasteiger partial charge in [0.15, 0.2) is 0 Å². The van der Waals surface area contributed by atoms with E-state index in [4.69, 9.17) is 9.39 Å². The van der Waals surface area contributed by atoms with Gasteiger partial charge >= 0.3 is 6.75 Å². The van der Waals surface area contributed by atoms with Crippen LogP contribution in [0.5, 0.6) is 11.5 Å². The van der Waals surface area contributed by atoms with Crippen LogP contribution in [0.4, 0.5) is 0 Å². The molecule has 11 nitrogen and oxygen atoms in total. The molecule has 3 aliphatic heterocycles. The van der Waals surface area contributed by atoms with Gasteiger partial charge in [0.1, 0.15) is 11.9 Å². The topological polar surface area (TPSA) is 152 Å². The van der Waals surface area contributed by atoms with Crippen LogP contribution in [0.3, 0.4) is 0 Å². The van der Waals surface area contributed by atoms with Crippen LogP contribution >= 0.6 is 0 Å². The summed E-state index contributed by atoms with van der Waals surface area (Å²) >= 11 is 0. The molecular weight excluding hydrogens is 433 g/mol. The first-order valence-corrected chi connectivity index (χ1v) is 11.1. The lowest BCUT2D eigenvalue weighted by atomic mass is 9.70. The van der Waals surface area contributed by atoms with Gasteiger partial charge in [0.2, 0.25) is 11.8 Å². The largest absolute Gasteiger partial charge is 0.669 e. The van der Waals surface area contributed by atoms with E-state index in [2.05, 4.69) is 5.32 Å². The molecule has 2 fully saturated rings. The third-order valence-corrected chi connectivity index (χ3v) is 6.42. The number of likely N-dealkylation sites (tertiary alicyclic amines) is 1. The van der Waals surface area contributed by atoms with Crippen molar-refractivity contribution in [2.45, 2.75) is 37.7 Å². The van der Waals surface area contributed by atoms with Crippen LogP contribution in [0.2, 0.25) is 6.32 Å². The van der Waals surface area contributed by atoms with Gasteiger partial charge in [0, 0.05) is 20.5 Å². The molecule has 0 aromatic heterocycles. The van der Waals surface area contributed by atoms with E-state index in [9.17, 15) is 29.5 Å².